The molecule has 5 heteroatoms. The Kier molecular flexibility index (Phi) is 5.91. The number of ether oxygens (including phenoxy) is 3. The number of pyridine rings is 1. The van der Waals surface area contributed by atoms with E-state index in [-0.39, 0.29) is 6.61 Å². The van der Waals surface area contributed by atoms with E-state index in [0.29, 0.717) is 6.61 Å². The van der Waals surface area contributed by atoms with Crippen LogP contribution in [0.3, 0.4) is 0 Å². The van der Waals surface area contributed by atoms with Crippen LogP contribution >= 0.6 is 0 Å². The molecule has 1 aromatic heterocycles. The predicted octanol–water partition coefficient (Wildman–Crippen LogP) is 2.74. The quantitative estimate of drug-likeness (QED) is 0.736. The molecule has 2 aromatic rings. The summed E-state index contributed by atoms with van der Waals surface area (Å²) in [6.45, 7) is 2.19. The zero-order chi connectivity index (χ0) is 15.8. The van der Waals surface area contributed by atoms with Gasteiger partial charge < -0.3 is 14.2 Å². The van der Waals surface area contributed by atoms with Crippen LogP contribution in [0.25, 0.3) is 0 Å². The van der Waals surface area contributed by atoms with Crippen molar-refractivity contribution in [3.05, 3.63) is 59.9 Å². The molecule has 0 aliphatic carbocycles. The fraction of sp³-hybridized carbons (Fsp3) is 0.294. The average molecular weight is 301 g/mol. The lowest BCUT2D eigenvalue weighted by molar-refractivity contribution is -0.158. The standard InChI is InChI=1S/C17H19NO4/c1-13(17(19)22-12-15-6-4-8-18-10-15)21-11-14-5-3-7-16(9-14)20-2/h3-10,13H,11-12H2,1-2H3. The molecule has 1 unspecified atom stereocenters. The van der Waals surface area contributed by atoms with Gasteiger partial charge in [0.15, 0.2) is 6.10 Å². The first kappa shape index (κ1) is 16.0. The molecule has 1 atom stereocenters. The van der Waals surface area contributed by atoms with Crippen molar-refractivity contribution in [2.75, 3.05) is 7.11 Å². The van der Waals surface area contributed by atoms with Crippen molar-refractivity contribution >= 4 is 5.97 Å². The SMILES string of the molecule is COc1cccc(COC(C)C(=O)OCc2cccnc2)c1. The van der Waals surface area contributed by atoms with Crippen molar-refractivity contribution in [3.63, 3.8) is 0 Å². The van der Waals surface area contributed by atoms with Gasteiger partial charge in [-0.2, -0.15) is 0 Å². The van der Waals surface area contributed by atoms with Gasteiger partial charge in [-0.3, -0.25) is 4.98 Å². The third kappa shape index (κ3) is 4.86. The number of benzene rings is 1. The summed E-state index contributed by atoms with van der Waals surface area (Å²) in [6, 6.07) is 11.2. The smallest absolute Gasteiger partial charge is 0.335 e. The molecule has 0 spiro atoms. The lowest BCUT2D eigenvalue weighted by atomic mass is 10.2. The van der Waals surface area contributed by atoms with Crippen LogP contribution in [0.2, 0.25) is 0 Å². The Morgan fingerprint density at radius 2 is 2.00 bits per heavy atom. The maximum Gasteiger partial charge on any atom is 0.335 e. The molecule has 0 N–H and O–H groups in total. The number of aromatic nitrogens is 1. The van der Waals surface area contributed by atoms with E-state index >= 15 is 0 Å². The molecule has 0 fully saturated rings. The van der Waals surface area contributed by atoms with Gasteiger partial charge in [-0.15, -0.1) is 0 Å². The second-order valence-electron chi connectivity index (χ2n) is 4.77. The van der Waals surface area contributed by atoms with E-state index in [1.165, 1.54) is 0 Å². The van der Waals surface area contributed by atoms with Crippen molar-refractivity contribution in [3.8, 4) is 5.75 Å². The number of rotatable bonds is 7. The van der Waals surface area contributed by atoms with Gasteiger partial charge in [-0.1, -0.05) is 18.2 Å². The lowest BCUT2D eigenvalue weighted by Gasteiger charge is -2.13. The number of hydrogen-bond donors (Lipinski definition) is 0. The molecule has 22 heavy (non-hydrogen) atoms. The Morgan fingerprint density at radius 1 is 1.18 bits per heavy atom. The molecule has 116 valence electrons. The molecule has 0 radical (unpaired) electrons. The third-order valence-corrected chi connectivity index (χ3v) is 3.07. The summed E-state index contributed by atoms with van der Waals surface area (Å²) in [5, 5.41) is 0. The van der Waals surface area contributed by atoms with Crippen molar-refractivity contribution in [2.45, 2.75) is 26.2 Å². The molecule has 2 rings (SSSR count). The van der Waals surface area contributed by atoms with E-state index in [0.717, 1.165) is 16.9 Å². The van der Waals surface area contributed by atoms with Crippen LogP contribution in [0.5, 0.6) is 5.75 Å². The van der Waals surface area contributed by atoms with Gasteiger partial charge in [-0.05, 0) is 30.7 Å². The number of esters is 1. The highest BCUT2D eigenvalue weighted by Crippen LogP contribution is 2.14. The first-order chi connectivity index (χ1) is 10.7. The van der Waals surface area contributed by atoms with Gasteiger partial charge in [0.1, 0.15) is 12.4 Å². The first-order valence-electron chi connectivity index (χ1n) is 6.99. The molecule has 0 saturated heterocycles. The fourth-order valence-electron chi connectivity index (χ4n) is 1.81. The van der Waals surface area contributed by atoms with Gasteiger partial charge >= 0.3 is 5.97 Å². The highest BCUT2D eigenvalue weighted by atomic mass is 16.6. The van der Waals surface area contributed by atoms with E-state index in [9.17, 15) is 4.79 Å². The van der Waals surface area contributed by atoms with Crippen LogP contribution < -0.4 is 4.74 Å². The zero-order valence-electron chi connectivity index (χ0n) is 12.7. The topological polar surface area (TPSA) is 57.7 Å². The summed E-state index contributed by atoms with van der Waals surface area (Å²) in [6.07, 6.45) is 2.70. The molecule has 0 amide bonds. The minimum atomic E-state index is -0.636. The second kappa shape index (κ2) is 8.14. The monoisotopic (exact) mass is 301 g/mol. The summed E-state index contributed by atoms with van der Waals surface area (Å²) in [5.74, 6) is 0.361. The van der Waals surface area contributed by atoms with Crippen LogP contribution in [0, 0.1) is 0 Å². The minimum Gasteiger partial charge on any atom is -0.497 e. The largest absolute Gasteiger partial charge is 0.497 e. The van der Waals surface area contributed by atoms with Crippen LogP contribution in [0.1, 0.15) is 18.1 Å². The summed E-state index contributed by atoms with van der Waals surface area (Å²) in [7, 11) is 1.61. The molecular weight excluding hydrogens is 282 g/mol. The van der Waals surface area contributed by atoms with E-state index < -0.39 is 12.1 Å². The summed E-state index contributed by atoms with van der Waals surface area (Å²) >= 11 is 0. The van der Waals surface area contributed by atoms with Crippen LogP contribution in [-0.4, -0.2) is 24.2 Å². The lowest BCUT2D eigenvalue weighted by Crippen LogP contribution is -2.23. The van der Waals surface area contributed by atoms with Crippen LogP contribution in [0.15, 0.2) is 48.8 Å². The van der Waals surface area contributed by atoms with Gasteiger partial charge in [0.05, 0.1) is 13.7 Å². The third-order valence-electron chi connectivity index (χ3n) is 3.07. The van der Waals surface area contributed by atoms with E-state index in [4.69, 9.17) is 14.2 Å². The van der Waals surface area contributed by atoms with Crippen LogP contribution in [-0.2, 0) is 27.5 Å². The molecule has 0 aliphatic heterocycles. The maximum atomic E-state index is 11.9. The highest BCUT2D eigenvalue weighted by molar-refractivity contribution is 5.74. The molecule has 1 heterocycles. The molecular formula is C17H19NO4. The summed E-state index contributed by atoms with van der Waals surface area (Å²) < 4.78 is 15.9. The van der Waals surface area contributed by atoms with Gasteiger partial charge in [0, 0.05) is 18.0 Å². The fourth-order valence-corrected chi connectivity index (χ4v) is 1.81. The predicted molar refractivity (Wildman–Crippen MR) is 81.3 cm³/mol. The normalized spacial score (nSPS) is 11.7. The van der Waals surface area contributed by atoms with E-state index in [2.05, 4.69) is 4.98 Å². The molecule has 5 nitrogen and oxygen atoms in total. The molecule has 0 aliphatic rings. The molecule has 0 bridgehead atoms. The Bertz CT molecular complexity index is 601. The van der Waals surface area contributed by atoms with E-state index in [1.54, 1.807) is 32.5 Å². The second-order valence-corrected chi connectivity index (χ2v) is 4.77. The zero-order valence-corrected chi connectivity index (χ0v) is 12.7. The Morgan fingerprint density at radius 3 is 2.73 bits per heavy atom. The Labute approximate surface area is 129 Å². The number of hydrogen-bond acceptors (Lipinski definition) is 5. The first-order valence-corrected chi connectivity index (χ1v) is 6.99. The number of nitrogens with zero attached hydrogens (tertiary/aromatic N) is 1. The maximum absolute atomic E-state index is 11.9. The van der Waals surface area contributed by atoms with Gasteiger partial charge in [-0.25, -0.2) is 4.79 Å². The van der Waals surface area contributed by atoms with Crippen LogP contribution in [0.4, 0.5) is 0 Å². The number of methoxy groups -OCH3 is 1. The molecule has 1 aromatic carbocycles. The van der Waals surface area contributed by atoms with Crippen molar-refractivity contribution in [1.29, 1.82) is 0 Å². The summed E-state index contributed by atoms with van der Waals surface area (Å²) in [5.41, 5.74) is 1.78. The van der Waals surface area contributed by atoms with E-state index in [1.807, 2.05) is 30.3 Å². The van der Waals surface area contributed by atoms with Crippen molar-refractivity contribution in [1.82, 2.24) is 4.98 Å². The Hall–Kier alpha value is -2.40. The van der Waals surface area contributed by atoms with Crippen molar-refractivity contribution < 1.29 is 19.0 Å². The average Bonchev–Trinajstić information content (AvgIpc) is 2.58. The number of carbonyl (C=O) groups excluding carboxylic acids is 1. The molecule has 0 saturated carbocycles. The van der Waals surface area contributed by atoms with Crippen molar-refractivity contribution in [2.24, 2.45) is 0 Å². The Balaban J connectivity index is 1.78. The number of carbonyl (C=O) groups is 1. The van der Waals surface area contributed by atoms with Gasteiger partial charge in [0.25, 0.3) is 0 Å². The van der Waals surface area contributed by atoms with Gasteiger partial charge in [0.2, 0.25) is 0 Å². The minimum absolute atomic E-state index is 0.194. The highest BCUT2D eigenvalue weighted by Gasteiger charge is 2.15. The summed E-state index contributed by atoms with van der Waals surface area (Å²) in [4.78, 5) is 15.8.